The third kappa shape index (κ3) is 4.21. The number of methoxy groups -OCH3 is 1. The van der Waals surface area contributed by atoms with Gasteiger partial charge in [0.1, 0.15) is 0 Å². The maximum absolute atomic E-state index is 12.0. The van der Waals surface area contributed by atoms with E-state index in [2.05, 4.69) is 15.5 Å². The van der Waals surface area contributed by atoms with E-state index in [4.69, 9.17) is 10.5 Å². The normalized spacial score (nSPS) is 14.3. The van der Waals surface area contributed by atoms with Crippen LogP contribution in [0.4, 0.5) is 5.69 Å². The Morgan fingerprint density at radius 1 is 1.60 bits per heavy atom. The summed E-state index contributed by atoms with van der Waals surface area (Å²) in [6.45, 7) is 6.09. The smallest absolute Gasteiger partial charge is 0.274 e. The highest BCUT2D eigenvalue weighted by atomic mass is 16.5. The second-order valence-electron chi connectivity index (χ2n) is 5.48. The number of hydrogen-bond acceptors (Lipinski definition) is 5. The predicted molar refractivity (Wildman–Crippen MR) is 76.5 cm³/mol. The van der Waals surface area contributed by atoms with Crippen LogP contribution in [0, 0.1) is 0 Å². The highest BCUT2D eigenvalue weighted by Gasteiger charge is 2.24. The molecule has 0 spiro atoms. The number of ether oxygens (including phenoxy) is 1. The molecule has 1 unspecified atom stereocenters. The number of amides is 1. The van der Waals surface area contributed by atoms with Crippen LogP contribution in [0.1, 0.15) is 49.3 Å². The molecular weight excluding hydrogens is 260 g/mol. The van der Waals surface area contributed by atoms with Crippen molar-refractivity contribution >= 4 is 11.6 Å². The summed E-state index contributed by atoms with van der Waals surface area (Å²) in [6, 6.07) is 0. The predicted octanol–water partition coefficient (Wildman–Crippen LogP) is 0.633. The molecule has 114 valence electrons. The number of carbonyl (C=O) groups is 1. The van der Waals surface area contributed by atoms with Crippen molar-refractivity contribution in [1.82, 2.24) is 15.5 Å². The number of nitrogens with zero attached hydrogens (tertiary/aromatic N) is 1. The molecule has 7 nitrogen and oxygen atoms in total. The maximum Gasteiger partial charge on any atom is 0.274 e. The van der Waals surface area contributed by atoms with E-state index in [9.17, 15) is 9.90 Å². The Kier molecular flexibility index (Phi) is 5.52. The minimum Gasteiger partial charge on any atom is -0.395 e. The molecule has 0 aliphatic carbocycles. The van der Waals surface area contributed by atoms with Gasteiger partial charge in [-0.25, -0.2) is 0 Å². The maximum atomic E-state index is 12.0. The van der Waals surface area contributed by atoms with Crippen LogP contribution in [0.2, 0.25) is 0 Å². The molecule has 7 heteroatoms. The summed E-state index contributed by atoms with van der Waals surface area (Å²) in [7, 11) is 1.56. The first kappa shape index (κ1) is 16.5. The van der Waals surface area contributed by atoms with Gasteiger partial charge in [-0.3, -0.25) is 9.89 Å². The van der Waals surface area contributed by atoms with Gasteiger partial charge in [-0.1, -0.05) is 13.8 Å². The second kappa shape index (κ2) is 6.71. The third-order valence-corrected chi connectivity index (χ3v) is 3.10. The SMILES string of the molecule is COCCC(C)(O)CNC(=O)c1n[nH]c(C(C)C)c1N. The van der Waals surface area contributed by atoms with Gasteiger partial charge < -0.3 is 20.9 Å². The Bertz CT molecular complexity index is 454. The molecule has 1 atom stereocenters. The first-order valence-corrected chi connectivity index (χ1v) is 6.61. The minimum atomic E-state index is -1.03. The Balaban J connectivity index is 2.64. The van der Waals surface area contributed by atoms with Crippen molar-refractivity contribution in [3.05, 3.63) is 11.4 Å². The van der Waals surface area contributed by atoms with Gasteiger partial charge in [0.25, 0.3) is 5.91 Å². The Hall–Kier alpha value is -1.60. The molecule has 5 N–H and O–H groups in total. The molecule has 1 amide bonds. The van der Waals surface area contributed by atoms with Gasteiger partial charge in [-0.05, 0) is 12.8 Å². The number of carbonyl (C=O) groups excluding carboxylic acids is 1. The van der Waals surface area contributed by atoms with E-state index >= 15 is 0 Å². The van der Waals surface area contributed by atoms with Crippen LogP contribution in [-0.4, -0.2) is 47.1 Å². The number of nitrogens with one attached hydrogen (secondary N) is 2. The molecular formula is C13H24N4O3. The van der Waals surface area contributed by atoms with Crippen molar-refractivity contribution in [2.45, 2.75) is 38.7 Å². The highest BCUT2D eigenvalue weighted by molar-refractivity contribution is 5.97. The summed E-state index contributed by atoms with van der Waals surface area (Å²) in [5.41, 5.74) is 6.11. The van der Waals surface area contributed by atoms with Crippen LogP contribution in [0.3, 0.4) is 0 Å². The van der Waals surface area contributed by atoms with Crippen LogP contribution in [0.15, 0.2) is 0 Å². The van der Waals surface area contributed by atoms with Crippen LogP contribution >= 0.6 is 0 Å². The number of aliphatic hydroxyl groups is 1. The topological polar surface area (TPSA) is 113 Å². The van der Waals surface area contributed by atoms with E-state index in [1.165, 1.54) is 0 Å². The van der Waals surface area contributed by atoms with Crippen molar-refractivity contribution < 1.29 is 14.6 Å². The van der Waals surface area contributed by atoms with Gasteiger partial charge in [-0.15, -0.1) is 0 Å². The number of aromatic nitrogens is 2. The van der Waals surface area contributed by atoms with Crippen LogP contribution in [0.5, 0.6) is 0 Å². The van der Waals surface area contributed by atoms with Crippen LogP contribution < -0.4 is 11.1 Å². The van der Waals surface area contributed by atoms with E-state index in [-0.39, 0.29) is 18.2 Å². The van der Waals surface area contributed by atoms with Gasteiger partial charge in [0.2, 0.25) is 0 Å². The lowest BCUT2D eigenvalue weighted by Crippen LogP contribution is -2.41. The largest absolute Gasteiger partial charge is 0.395 e. The molecule has 0 bridgehead atoms. The molecule has 1 rings (SSSR count). The monoisotopic (exact) mass is 284 g/mol. The lowest BCUT2D eigenvalue weighted by atomic mass is 10.0. The van der Waals surface area contributed by atoms with Crippen molar-refractivity contribution in [2.24, 2.45) is 0 Å². The van der Waals surface area contributed by atoms with E-state index in [0.717, 1.165) is 5.69 Å². The van der Waals surface area contributed by atoms with E-state index in [1.807, 2.05) is 13.8 Å². The number of hydrogen-bond donors (Lipinski definition) is 4. The summed E-state index contributed by atoms with van der Waals surface area (Å²) in [5, 5.41) is 19.4. The average molecular weight is 284 g/mol. The molecule has 0 aromatic carbocycles. The van der Waals surface area contributed by atoms with Gasteiger partial charge >= 0.3 is 0 Å². The average Bonchev–Trinajstić information content (AvgIpc) is 2.76. The summed E-state index contributed by atoms with van der Waals surface area (Å²) >= 11 is 0. The third-order valence-electron chi connectivity index (χ3n) is 3.10. The molecule has 0 saturated heterocycles. The molecule has 0 aliphatic heterocycles. The first-order chi connectivity index (χ1) is 9.28. The van der Waals surface area contributed by atoms with Crippen molar-refractivity contribution in [3.8, 4) is 0 Å². The fourth-order valence-electron chi connectivity index (χ4n) is 1.74. The number of nitrogen functional groups attached to an aromatic ring is 1. The quantitative estimate of drug-likeness (QED) is 0.586. The van der Waals surface area contributed by atoms with E-state index in [1.54, 1.807) is 14.0 Å². The van der Waals surface area contributed by atoms with E-state index < -0.39 is 11.5 Å². The zero-order valence-corrected chi connectivity index (χ0v) is 12.5. The minimum absolute atomic E-state index is 0.110. The Morgan fingerprint density at radius 2 is 2.25 bits per heavy atom. The van der Waals surface area contributed by atoms with Crippen LogP contribution in [0.25, 0.3) is 0 Å². The highest BCUT2D eigenvalue weighted by Crippen LogP contribution is 2.22. The van der Waals surface area contributed by atoms with Gasteiger partial charge in [0.15, 0.2) is 5.69 Å². The lowest BCUT2D eigenvalue weighted by molar-refractivity contribution is 0.0243. The molecule has 0 fully saturated rings. The van der Waals surface area contributed by atoms with E-state index in [0.29, 0.717) is 18.7 Å². The summed E-state index contributed by atoms with van der Waals surface area (Å²) in [6.07, 6.45) is 0.428. The summed E-state index contributed by atoms with van der Waals surface area (Å²) < 4.78 is 4.91. The second-order valence-corrected chi connectivity index (χ2v) is 5.48. The van der Waals surface area contributed by atoms with Gasteiger partial charge in [-0.2, -0.15) is 5.10 Å². The Labute approximate surface area is 118 Å². The molecule has 0 radical (unpaired) electrons. The van der Waals surface area contributed by atoms with Crippen molar-refractivity contribution in [2.75, 3.05) is 26.0 Å². The molecule has 20 heavy (non-hydrogen) atoms. The number of nitrogens with two attached hydrogens (primary N) is 1. The number of rotatable bonds is 7. The molecule has 0 saturated carbocycles. The molecule has 1 aromatic heterocycles. The summed E-state index contributed by atoms with van der Waals surface area (Å²) in [5.74, 6) is -0.239. The van der Waals surface area contributed by atoms with Gasteiger partial charge in [0, 0.05) is 26.7 Å². The summed E-state index contributed by atoms with van der Waals surface area (Å²) in [4.78, 5) is 12.0. The first-order valence-electron chi connectivity index (χ1n) is 6.61. The lowest BCUT2D eigenvalue weighted by Gasteiger charge is -2.22. The van der Waals surface area contributed by atoms with Crippen LogP contribution in [-0.2, 0) is 4.74 Å². The van der Waals surface area contributed by atoms with Crippen molar-refractivity contribution in [1.29, 1.82) is 0 Å². The Morgan fingerprint density at radius 3 is 2.75 bits per heavy atom. The molecule has 1 heterocycles. The fraction of sp³-hybridized carbons (Fsp3) is 0.692. The van der Waals surface area contributed by atoms with Gasteiger partial charge in [0.05, 0.1) is 17.0 Å². The number of H-pyrrole nitrogens is 1. The number of anilines is 1. The van der Waals surface area contributed by atoms with Crippen molar-refractivity contribution in [3.63, 3.8) is 0 Å². The fourth-order valence-corrected chi connectivity index (χ4v) is 1.74. The zero-order valence-electron chi connectivity index (χ0n) is 12.5. The zero-order chi connectivity index (χ0) is 15.3. The standard InChI is InChI=1S/C13H24N4O3/c1-8(2)10-9(14)11(17-16-10)12(18)15-7-13(3,19)5-6-20-4/h8,19H,5-7,14H2,1-4H3,(H,15,18)(H,16,17). The molecule has 0 aliphatic rings. The molecule has 1 aromatic rings. The number of aromatic amines is 1.